The minimum absolute atomic E-state index is 0.619. The lowest BCUT2D eigenvalue weighted by Gasteiger charge is -1.96. The highest BCUT2D eigenvalue weighted by atomic mass is 13.9. The summed E-state index contributed by atoms with van der Waals surface area (Å²) in [5, 5.41) is 0. The molecule has 9 heavy (non-hydrogen) atoms. The molecule has 0 radical (unpaired) electrons. The SMILES string of the molecule is [3H]CCCCCCCCC. The van der Waals surface area contributed by atoms with Crippen LogP contribution in [0.2, 0.25) is 0 Å². The molecular weight excluding hydrogens is 108 g/mol. The molecule has 0 heterocycles. The fourth-order valence-corrected chi connectivity index (χ4v) is 0.957. The smallest absolute Gasteiger partial charge is 0.0230 e. The number of hydrogen-bond acceptors (Lipinski definition) is 0. The van der Waals surface area contributed by atoms with E-state index < -0.39 is 0 Å². The van der Waals surface area contributed by atoms with Crippen molar-refractivity contribution in [2.24, 2.45) is 0 Å². The third kappa shape index (κ3) is 8.00. The molecule has 0 aromatic carbocycles. The van der Waals surface area contributed by atoms with Crippen LogP contribution in [0.25, 0.3) is 0 Å². The average Bonchev–Trinajstić information content (AvgIpc) is 1.97. The van der Waals surface area contributed by atoms with Gasteiger partial charge < -0.3 is 0 Å². The Bertz CT molecular complexity index is 44.7. The van der Waals surface area contributed by atoms with E-state index in [-0.39, 0.29) is 0 Å². The molecule has 0 aliphatic carbocycles. The van der Waals surface area contributed by atoms with Crippen LogP contribution in [-0.2, 0) is 0 Å². The maximum Gasteiger partial charge on any atom is 0.0230 e. The molecule has 0 N–H and O–H groups in total. The summed E-state index contributed by atoms with van der Waals surface area (Å²) in [5.41, 5.74) is 0. The summed E-state index contributed by atoms with van der Waals surface area (Å²) in [5.74, 6) is 0. The molecule has 0 nitrogen and oxygen atoms in total. The Morgan fingerprint density at radius 1 is 0.889 bits per heavy atom. The van der Waals surface area contributed by atoms with Gasteiger partial charge in [0.15, 0.2) is 0 Å². The minimum Gasteiger partial charge on any atom is -0.0654 e. The molecule has 0 aromatic rings. The van der Waals surface area contributed by atoms with Crippen LogP contribution in [0.5, 0.6) is 0 Å². The van der Waals surface area contributed by atoms with Gasteiger partial charge in [0.1, 0.15) is 0 Å². The van der Waals surface area contributed by atoms with E-state index in [1.807, 2.05) is 0 Å². The Hall–Kier alpha value is 0. The molecule has 0 spiro atoms. The molecule has 0 aromatic heterocycles. The van der Waals surface area contributed by atoms with E-state index in [9.17, 15) is 0 Å². The van der Waals surface area contributed by atoms with E-state index in [0.717, 1.165) is 6.42 Å². The molecule has 0 saturated heterocycles. The lowest BCUT2D eigenvalue weighted by atomic mass is 10.1. The zero-order valence-electron chi connectivity index (χ0n) is 7.66. The molecule has 0 bridgehead atoms. The maximum absolute atomic E-state index is 6.92. The number of rotatable bonds is 6. The van der Waals surface area contributed by atoms with E-state index in [1.54, 1.807) is 0 Å². The lowest BCUT2D eigenvalue weighted by Crippen LogP contribution is -1.76. The highest BCUT2D eigenvalue weighted by molar-refractivity contribution is 4.41. The summed E-state index contributed by atoms with van der Waals surface area (Å²) >= 11 is 0. The average molecular weight is 130 g/mol. The molecule has 0 unspecified atom stereocenters. The molecular formula is C9H20. The Balaban J connectivity index is 2.65. The van der Waals surface area contributed by atoms with E-state index in [4.69, 9.17) is 1.37 Å². The van der Waals surface area contributed by atoms with Crippen molar-refractivity contribution in [3.63, 3.8) is 0 Å². The van der Waals surface area contributed by atoms with Gasteiger partial charge in [0.05, 0.1) is 0 Å². The van der Waals surface area contributed by atoms with Gasteiger partial charge in [-0.1, -0.05) is 58.8 Å². The second kappa shape index (κ2) is 8.00. The first-order chi connectivity index (χ1) is 4.91. The largest absolute Gasteiger partial charge is 0.0654 e. The second-order valence-corrected chi connectivity index (χ2v) is 2.62. The van der Waals surface area contributed by atoms with E-state index >= 15 is 0 Å². The van der Waals surface area contributed by atoms with Crippen LogP contribution >= 0.6 is 0 Å². The van der Waals surface area contributed by atoms with Gasteiger partial charge in [-0.05, 0) is 0 Å². The Kier molecular flexibility index (Phi) is 6.32. The van der Waals surface area contributed by atoms with E-state index in [0.29, 0.717) is 6.90 Å². The van der Waals surface area contributed by atoms with Crippen molar-refractivity contribution in [1.82, 2.24) is 0 Å². The van der Waals surface area contributed by atoms with Crippen LogP contribution in [0.3, 0.4) is 0 Å². The predicted molar refractivity (Wildman–Crippen MR) is 43.7 cm³/mol. The highest BCUT2D eigenvalue weighted by Crippen LogP contribution is 2.05. The summed E-state index contributed by atoms with van der Waals surface area (Å²) in [6.07, 6.45) is 9.22. The van der Waals surface area contributed by atoms with E-state index in [2.05, 4.69) is 6.92 Å². The predicted octanol–water partition coefficient (Wildman–Crippen LogP) is 3.76. The van der Waals surface area contributed by atoms with Gasteiger partial charge >= 0.3 is 0 Å². The fourth-order valence-electron chi connectivity index (χ4n) is 0.957. The van der Waals surface area contributed by atoms with Gasteiger partial charge in [-0.2, -0.15) is 0 Å². The Morgan fingerprint density at radius 3 is 2.00 bits per heavy atom. The molecule has 0 atom stereocenters. The van der Waals surface area contributed by atoms with Crippen molar-refractivity contribution >= 4 is 0 Å². The first-order valence-electron chi connectivity index (χ1n) is 4.91. The van der Waals surface area contributed by atoms with Gasteiger partial charge in [-0.25, -0.2) is 0 Å². The quantitative estimate of drug-likeness (QED) is 0.480. The molecule has 0 aliphatic rings. The van der Waals surface area contributed by atoms with E-state index in [1.165, 1.54) is 38.5 Å². The fraction of sp³-hybridized carbons (Fsp3) is 1.00. The maximum atomic E-state index is 6.92. The number of unbranched alkanes of at least 4 members (excludes halogenated alkanes) is 6. The molecule has 0 heteroatoms. The van der Waals surface area contributed by atoms with Crippen molar-refractivity contribution < 1.29 is 1.37 Å². The van der Waals surface area contributed by atoms with Crippen molar-refractivity contribution in [1.29, 1.82) is 0 Å². The first-order valence-corrected chi connectivity index (χ1v) is 4.21. The summed E-state index contributed by atoms with van der Waals surface area (Å²) < 4.78 is 6.92. The van der Waals surface area contributed by atoms with Gasteiger partial charge in [0.2, 0.25) is 0 Å². The highest BCUT2D eigenvalue weighted by Gasteiger charge is 1.85. The zero-order chi connectivity index (χ0) is 7.66. The van der Waals surface area contributed by atoms with Crippen LogP contribution in [-0.4, -0.2) is 0 Å². The summed E-state index contributed by atoms with van der Waals surface area (Å²) in [7, 11) is 0. The summed E-state index contributed by atoms with van der Waals surface area (Å²) in [4.78, 5) is 0. The Morgan fingerprint density at radius 2 is 1.44 bits per heavy atom. The van der Waals surface area contributed by atoms with Crippen molar-refractivity contribution in [3.8, 4) is 0 Å². The van der Waals surface area contributed by atoms with Crippen molar-refractivity contribution in [2.75, 3.05) is 0 Å². The molecule has 0 aliphatic heterocycles. The van der Waals surface area contributed by atoms with Crippen LogP contribution < -0.4 is 0 Å². The van der Waals surface area contributed by atoms with Crippen molar-refractivity contribution in [2.45, 2.75) is 58.8 Å². The van der Waals surface area contributed by atoms with Crippen molar-refractivity contribution in [3.05, 3.63) is 0 Å². The monoisotopic (exact) mass is 130 g/mol. The summed E-state index contributed by atoms with van der Waals surface area (Å²) in [6, 6.07) is 0. The first kappa shape index (κ1) is 7.11. The summed E-state index contributed by atoms with van der Waals surface area (Å²) in [6.45, 7) is 2.86. The lowest BCUT2D eigenvalue weighted by molar-refractivity contribution is 0.602. The van der Waals surface area contributed by atoms with Crippen LogP contribution in [0, 0.1) is 0 Å². The molecule has 0 rings (SSSR count). The second-order valence-electron chi connectivity index (χ2n) is 2.62. The standard InChI is InChI=1S/C9H20/c1-3-5-7-9-8-6-4-2/h3-9H2,1-2H3/i1T. The normalized spacial score (nSPS) is 11.4. The molecule has 0 fully saturated rings. The van der Waals surface area contributed by atoms with Gasteiger partial charge in [-0.3, -0.25) is 0 Å². The molecule has 56 valence electrons. The van der Waals surface area contributed by atoms with Crippen LogP contribution in [0.15, 0.2) is 0 Å². The van der Waals surface area contributed by atoms with Gasteiger partial charge in [0.25, 0.3) is 0 Å². The van der Waals surface area contributed by atoms with Crippen LogP contribution in [0.4, 0.5) is 0 Å². The van der Waals surface area contributed by atoms with Gasteiger partial charge in [-0.15, -0.1) is 0 Å². The van der Waals surface area contributed by atoms with Gasteiger partial charge in [0, 0.05) is 1.37 Å². The van der Waals surface area contributed by atoms with Crippen LogP contribution in [0.1, 0.15) is 60.1 Å². The molecule has 0 amide bonds. The third-order valence-electron chi connectivity index (χ3n) is 1.60. The number of hydrogen-bond donors (Lipinski definition) is 0. The third-order valence-corrected chi connectivity index (χ3v) is 1.60. The Labute approximate surface area is 61.1 Å². The minimum atomic E-state index is 0.619. The topological polar surface area (TPSA) is 0 Å². The molecule has 0 saturated carbocycles. The zero-order valence-corrected chi connectivity index (χ0v) is 6.66.